The molecule has 0 aromatic carbocycles. The molecule has 5 nitrogen and oxygen atoms in total. The average molecular weight is 206 g/mol. The number of carbonyl (C=O) groups excluding carboxylic acids is 1. The lowest BCUT2D eigenvalue weighted by molar-refractivity contribution is 0.0942. The number of hydrogen-bond donors (Lipinski definition) is 2. The molecule has 15 heavy (non-hydrogen) atoms. The zero-order valence-electron chi connectivity index (χ0n) is 8.60. The van der Waals surface area contributed by atoms with Crippen molar-refractivity contribution in [3.63, 3.8) is 0 Å². The molecule has 5 heteroatoms. The highest BCUT2D eigenvalue weighted by Gasteiger charge is 2.53. The summed E-state index contributed by atoms with van der Waals surface area (Å²) >= 11 is 0. The second-order valence-corrected chi connectivity index (χ2v) is 4.41. The first-order chi connectivity index (χ1) is 7.25. The number of fused-ring (bicyclic) bond motifs is 1. The summed E-state index contributed by atoms with van der Waals surface area (Å²) in [5.74, 6) is 1.25. The van der Waals surface area contributed by atoms with Crippen LogP contribution in [0.5, 0.6) is 0 Å². The molecule has 80 valence electrons. The monoisotopic (exact) mass is 206 g/mol. The van der Waals surface area contributed by atoms with Crippen LogP contribution in [0.15, 0.2) is 12.5 Å². The van der Waals surface area contributed by atoms with E-state index in [-0.39, 0.29) is 5.91 Å². The van der Waals surface area contributed by atoms with Crippen molar-refractivity contribution >= 4 is 5.91 Å². The van der Waals surface area contributed by atoms with Gasteiger partial charge in [0.1, 0.15) is 5.69 Å². The predicted octanol–water partition coefficient (Wildman–Crippen LogP) is -0.632. The van der Waals surface area contributed by atoms with E-state index in [0.29, 0.717) is 23.6 Å². The molecule has 3 rings (SSSR count). The number of amides is 1. The van der Waals surface area contributed by atoms with Crippen LogP contribution in [0.25, 0.3) is 0 Å². The molecule has 1 saturated heterocycles. The van der Waals surface area contributed by atoms with Crippen LogP contribution in [0, 0.1) is 11.8 Å². The maximum atomic E-state index is 11.7. The van der Waals surface area contributed by atoms with Gasteiger partial charge in [-0.25, -0.2) is 4.98 Å². The van der Waals surface area contributed by atoms with E-state index in [1.807, 2.05) is 7.05 Å². The first-order valence-electron chi connectivity index (χ1n) is 5.25. The van der Waals surface area contributed by atoms with E-state index in [2.05, 4.69) is 15.6 Å². The lowest BCUT2D eigenvalue weighted by Gasteiger charge is -2.05. The fourth-order valence-electron chi connectivity index (χ4n) is 2.39. The molecule has 2 aliphatic rings. The first kappa shape index (κ1) is 8.91. The highest BCUT2D eigenvalue weighted by atomic mass is 16.2. The van der Waals surface area contributed by atoms with E-state index in [0.717, 1.165) is 13.1 Å². The average Bonchev–Trinajstić information content (AvgIpc) is 2.66. The molecule has 2 heterocycles. The lowest BCUT2D eigenvalue weighted by Crippen LogP contribution is -2.32. The molecule has 1 saturated carbocycles. The molecule has 2 atom stereocenters. The van der Waals surface area contributed by atoms with Gasteiger partial charge >= 0.3 is 0 Å². The molecule has 0 bridgehead atoms. The molecule has 0 spiro atoms. The summed E-state index contributed by atoms with van der Waals surface area (Å²) in [6.45, 7) is 2.08. The number of hydrogen-bond acceptors (Lipinski definition) is 3. The Morgan fingerprint density at radius 2 is 2.33 bits per heavy atom. The third kappa shape index (κ3) is 1.43. The summed E-state index contributed by atoms with van der Waals surface area (Å²) < 4.78 is 1.78. The Hall–Kier alpha value is -1.36. The van der Waals surface area contributed by atoms with Crippen LogP contribution in [0.2, 0.25) is 0 Å². The highest BCUT2D eigenvalue weighted by molar-refractivity contribution is 5.92. The Morgan fingerprint density at radius 1 is 1.60 bits per heavy atom. The van der Waals surface area contributed by atoms with Crippen molar-refractivity contribution in [2.45, 2.75) is 6.04 Å². The van der Waals surface area contributed by atoms with Crippen LogP contribution in [0.1, 0.15) is 10.5 Å². The van der Waals surface area contributed by atoms with Gasteiger partial charge in [-0.2, -0.15) is 0 Å². The second kappa shape index (κ2) is 3.06. The van der Waals surface area contributed by atoms with Crippen LogP contribution >= 0.6 is 0 Å². The van der Waals surface area contributed by atoms with Crippen molar-refractivity contribution < 1.29 is 4.79 Å². The maximum absolute atomic E-state index is 11.7. The molecular weight excluding hydrogens is 192 g/mol. The largest absolute Gasteiger partial charge is 0.347 e. The molecule has 1 aliphatic carbocycles. The Balaban J connectivity index is 1.62. The summed E-state index contributed by atoms with van der Waals surface area (Å²) in [5.41, 5.74) is 0.510. The highest BCUT2D eigenvalue weighted by Crippen LogP contribution is 2.41. The zero-order valence-corrected chi connectivity index (χ0v) is 8.60. The molecule has 1 aromatic rings. The van der Waals surface area contributed by atoms with Crippen molar-refractivity contribution in [2.24, 2.45) is 18.9 Å². The van der Waals surface area contributed by atoms with E-state index in [9.17, 15) is 4.79 Å². The summed E-state index contributed by atoms with van der Waals surface area (Å²) in [6, 6.07) is 0.376. The number of piperidine rings is 1. The first-order valence-corrected chi connectivity index (χ1v) is 5.25. The van der Waals surface area contributed by atoms with Crippen LogP contribution in [-0.2, 0) is 7.05 Å². The van der Waals surface area contributed by atoms with Gasteiger partial charge in [0.2, 0.25) is 0 Å². The summed E-state index contributed by atoms with van der Waals surface area (Å²) in [7, 11) is 1.86. The van der Waals surface area contributed by atoms with Crippen LogP contribution in [0.4, 0.5) is 0 Å². The second-order valence-electron chi connectivity index (χ2n) is 4.41. The van der Waals surface area contributed by atoms with Gasteiger partial charge in [-0.15, -0.1) is 0 Å². The molecule has 1 aromatic heterocycles. The maximum Gasteiger partial charge on any atom is 0.271 e. The summed E-state index contributed by atoms with van der Waals surface area (Å²) in [6.07, 6.45) is 3.38. The van der Waals surface area contributed by atoms with Crippen molar-refractivity contribution in [2.75, 3.05) is 13.1 Å². The Kier molecular flexibility index (Phi) is 1.82. The molecule has 0 radical (unpaired) electrons. The molecular formula is C10H14N4O. The quantitative estimate of drug-likeness (QED) is 0.677. The minimum absolute atomic E-state index is 0.0463. The van der Waals surface area contributed by atoms with Gasteiger partial charge in [-0.05, 0) is 11.8 Å². The van der Waals surface area contributed by atoms with E-state index < -0.39 is 0 Å². The van der Waals surface area contributed by atoms with Crippen molar-refractivity contribution in [3.05, 3.63) is 18.2 Å². The number of aromatic nitrogens is 2. The fraction of sp³-hybridized carbons (Fsp3) is 0.600. The summed E-state index contributed by atoms with van der Waals surface area (Å²) in [4.78, 5) is 15.8. The predicted molar refractivity (Wildman–Crippen MR) is 54.3 cm³/mol. The number of aryl methyl sites for hydroxylation is 1. The molecule has 2 fully saturated rings. The zero-order chi connectivity index (χ0) is 10.4. The third-order valence-electron chi connectivity index (χ3n) is 3.33. The molecule has 1 amide bonds. The summed E-state index contributed by atoms with van der Waals surface area (Å²) in [5, 5.41) is 6.33. The number of carbonyl (C=O) groups is 1. The number of nitrogens with one attached hydrogen (secondary N) is 2. The SMILES string of the molecule is Cn1cnc(C(=O)NC2C3CNCC32)c1. The van der Waals surface area contributed by atoms with Gasteiger partial charge in [0.25, 0.3) is 5.91 Å². The standard InChI is InChI=1S/C10H14N4O/c1-14-4-8(12-5-14)10(15)13-9-6-2-11-3-7(6)9/h4-7,9,11H,2-3H2,1H3,(H,13,15). The molecule has 2 unspecified atom stereocenters. The normalized spacial score (nSPS) is 32.5. The smallest absolute Gasteiger partial charge is 0.271 e. The van der Waals surface area contributed by atoms with Gasteiger partial charge in [0.05, 0.1) is 6.33 Å². The van der Waals surface area contributed by atoms with E-state index in [4.69, 9.17) is 0 Å². The Labute approximate surface area is 87.9 Å². The van der Waals surface area contributed by atoms with Crippen LogP contribution < -0.4 is 10.6 Å². The van der Waals surface area contributed by atoms with E-state index in [1.54, 1.807) is 17.1 Å². The van der Waals surface area contributed by atoms with Gasteiger partial charge in [-0.1, -0.05) is 0 Å². The van der Waals surface area contributed by atoms with Gasteiger partial charge in [-0.3, -0.25) is 4.79 Å². The third-order valence-corrected chi connectivity index (χ3v) is 3.33. The van der Waals surface area contributed by atoms with Crippen LogP contribution in [-0.4, -0.2) is 34.6 Å². The van der Waals surface area contributed by atoms with E-state index >= 15 is 0 Å². The van der Waals surface area contributed by atoms with Crippen molar-refractivity contribution in [1.82, 2.24) is 20.2 Å². The molecule has 2 N–H and O–H groups in total. The Morgan fingerprint density at radius 3 is 2.93 bits per heavy atom. The molecule has 1 aliphatic heterocycles. The van der Waals surface area contributed by atoms with Crippen molar-refractivity contribution in [1.29, 1.82) is 0 Å². The van der Waals surface area contributed by atoms with Gasteiger partial charge < -0.3 is 15.2 Å². The number of nitrogens with zero attached hydrogens (tertiary/aromatic N) is 2. The Bertz CT molecular complexity index is 390. The van der Waals surface area contributed by atoms with E-state index in [1.165, 1.54) is 0 Å². The van der Waals surface area contributed by atoms with Crippen molar-refractivity contribution in [3.8, 4) is 0 Å². The lowest BCUT2D eigenvalue weighted by atomic mass is 10.4. The number of rotatable bonds is 2. The number of imidazole rings is 1. The minimum atomic E-state index is -0.0463. The van der Waals surface area contributed by atoms with Crippen LogP contribution in [0.3, 0.4) is 0 Å². The fourth-order valence-corrected chi connectivity index (χ4v) is 2.39. The van der Waals surface area contributed by atoms with Gasteiger partial charge in [0.15, 0.2) is 0 Å². The van der Waals surface area contributed by atoms with Gasteiger partial charge in [0, 0.05) is 32.4 Å². The topological polar surface area (TPSA) is 59.0 Å². The minimum Gasteiger partial charge on any atom is -0.347 e.